The second kappa shape index (κ2) is 4.81. The lowest BCUT2D eigenvalue weighted by Crippen LogP contribution is -2.03. The van der Waals surface area contributed by atoms with Crippen LogP contribution in [0.5, 0.6) is 0 Å². The maximum atomic E-state index is 2.30. The number of benzene rings is 2. The number of rotatable bonds is 2. The largest absolute Gasteiger partial charge is 0.0836 e. The predicted molar refractivity (Wildman–Crippen MR) is 77.8 cm³/mol. The minimum atomic E-state index is 0.462. The number of fused-ring (bicyclic) bond motifs is 1. The molecule has 0 spiro atoms. The van der Waals surface area contributed by atoms with Crippen LogP contribution in [0.3, 0.4) is 0 Å². The van der Waals surface area contributed by atoms with Crippen LogP contribution in [-0.2, 0) is 6.42 Å². The molecule has 2 aromatic rings. The third kappa shape index (κ3) is 1.99. The molecule has 0 bridgehead atoms. The van der Waals surface area contributed by atoms with Gasteiger partial charge in [0, 0.05) is 5.92 Å². The molecule has 1 unspecified atom stereocenters. The number of aryl methyl sites for hydroxylation is 1. The maximum Gasteiger partial charge on any atom is 0.00670 e. The Morgan fingerprint density at radius 2 is 1.78 bits per heavy atom. The van der Waals surface area contributed by atoms with E-state index in [1.54, 1.807) is 0 Å². The summed E-state index contributed by atoms with van der Waals surface area (Å²) in [4.78, 5) is 0. The molecule has 0 nitrogen and oxygen atoms in total. The predicted octanol–water partition coefficient (Wildman–Crippen LogP) is 4.80. The molecule has 1 aliphatic carbocycles. The lowest BCUT2D eigenvalue weighted by Gasteiger charge is -2.20. The number of hydrogen-bond donors (Lipinski definition) is 0. The Morgan fingerprint density at radius 1 is 0.944 bits per heavy atom. The maximum absolute atomic E-state index is 2.30. The molecule has 3 rings (SSSR count). The van der Waals surface area contributed by atoms with Crippen molar-refractivity contribution in [2.45, 2.75) is 25.7 Å². The molecule has 0 aromatic heterocycles. The van der Waals surface area contributed by atoms with Gasteiger partial charge < -0.3 is 0 Å². The summed E-state index contributed by atoms with van der Waals surface area (Å²) in [5.74, 6) is 0.462. The molecule has 1 atom stereocenters. The van der Waals surface area contributed by atoms with E-state index in [1.807, 2.05) is 0 Å². The molecule has 90 valence electrons. The minimum absolute atomic E-state index is 0.462. The van der Waals surface area contributed by atoms with E-state index in [0.29, 0.717) is 5.92 Å². The summed E-state index contributed by atoms with van der Waals surface area (Å²) in [7, 11) is 0. The van der Waals surface area contributed by atoms with E-state index >= 15 is 0 Å². The third-order valence-corrected chi connectivity index (χ3v) is 3.86. The summed E-state index contributed by atoms with van der Waals surface area (Å²) in [6, 6.07) is 17.5. The summed E-state index contributed by atoms with van der Waals surface area (Å²) < 4.78 is 0. The standard InChI is InChI=1S/C18H18/c1-14(15-8-3-2-4-9-15)17-13-7-11-16-10-5-6-12-18(16)17/h2-4,6-9,11-14H,5,10H2,1H3. The average Bonchev–Trinajstić information content (AvgIpc) is 2.47. The summed E-state index contributed by atoms with van der Waals surface area (Å²) in [5, 5.41) is 0. The molecule has 0 saturated heterocycles. The normalized spacial score (nSPS) is 15.2. The lowest BCUT2D eigenvalue weighted by molar-refractivity contribution is 0.898. The lowest BCUT2D eigenvalue weighted by atomic mass is 9.85. The second-order valence-corrected chi connectivity index (χ2v) is 4.99. The molecular formula is C18H18. The fourth-order valence-electron chi connectivity index (χ4n) is 2.79. The zero-order chi connectivity index (χ0) is 12.4. The molecule has 0 heteroatoms. The molecule has 0 radical (unpaired) electrons. The quantitative estimate of drug-likeness (QED) is 0.700. The van der Waals surface area contributed by atoms with Gasteiger partial charge in [-0.25, -0.2) is 0 Å². The highest BCUT2D eigenvalue weighted by Gasteiger charge is 2.14. The van der Waals surface area contributed by atoms with Crippen molar-refractivity contribution in [1.82, 2.24) is 0 Å². The smallest absolute Gasteiger partial charge is 0.00670 e. The zero-order valence-corrected chi connectivity index (χ0v) is 10.8. The molecule has 0 amide bonds. The van der Waals surface area contributed by atoms with Gasteiger partial charge in [-0.15, -0.1) is 0 Å². The number of hydrogen-bond acceptors (Lipinski definition) is 0. The summed E-state index contributed by atoms with van der Waals surface area (Å²) in [5.41, 5.74) is 5.79. The van der Waals surface area contributed by atoms with E-state index in [4.69, 9.17) is 0 Å². The Balaban J connectivity index is 2.06. The molecule has 0 aliphatic heterocycles. The van der Waals surface area contributed by atoms with E-state index in [9.17, 15) is 0 Å². The van der Waals surface area contributed by atoms with Crippen LogP contribution in [-0.4, -0.2) is 0 Å². The van der Waals surface area contributed by atoms with Crippen LogP contribution in [0.15, 0.2) is 54.6 Å². The van der Waals surface area contributed by atoms with E-state index < -0.39 is 0 Å². The molecule has 0 heterocycles. The van der Waals surface area contributed by atoms with Crippen LogP contribution in [0, 0.1) is 0 Å². The van der Waals surface area contributed by atoms with Crippen molar-refractivity contribution in [1.29, 1.82) is 0 Å². The van der Waals surface area contributed by atoms with Crippen LogP contribution >= 0.6 is 0 Å². The van der Waals surface area contributed by atoms with Gasteiger partial charge in [0.15, 0.2) is 0 Å². The molecule has 1 aliphatic rings. The summed E-state index contributed by atoms with van der Waals surface area (Å²) >= 11 is 0. The molecule has 2 aromatic carbocycles. The SMILES string of the molecule is CC(c1ccccc1)c1cccc2c1C=CCC2. The van der Waals surface area contributed by atoms with Crippen LogP contribution in [0.2, 0.25) is 0 Å². The first-order chi connectivity index (χ1) is 8.86. The Labute approximate surface area is 109 Å². The molecule has 18 heavy (non-hydrogen) atoms. The first kappa shape index (κ1) is 11.3. The van der Waals surface area contributed by atoms with E-state index in [-0.39, 0.29) is 0 Å². The molecule has 0 fully saturated rings. The fraction of sp³-hybridized carbons (Fsp3) is 0.222. The van der Waals surface area contributed by atoms with E-state index in [0.717, 1.165) is 0 Å². The average molecular weight is 234 g/mol. The number of allylic oxidation sites excluding steroid dienone is 1. The van der Waals surface area contributed by atoms with Crippen molar-refractivity contribution in [3.8, 4) is 0 Å². The van der Waals surface area contributed by atoms with Gasteiger partial charge in [-0.05, 0) is 35.1 Å². The monoisotopic (exact) mass is 234 g/mol. The first-order valence-electron chi connectivity index (χ1n) is 6.69. The highest BCUT2D eigenvalue weighted by Crippen LogP contribution is 2.31. The molecular weight excluding hydrogens is 216 g/mol. The third-order valence-electron chi connectivity index (χ3n) is 3.86. The van der Waals surface area contributed by atoms with Crippen molar-refractivity contribution in [2.24, 2.45) is 0 Å². The summed E-state index contributed by atoms with van der Waals surface area (Å²) in [6.45, 7) is 2.30. The van der Waals surface area contributed by atoms with Crippen LogP contribution in [0.1, 0.15) is 41.5 Å². The van der Waals surface area contributed by atoms with E-state index in [1.165, 1.54) is 35.1 Å². The van der Waals surface area contributed by atoms with Crippen LogP contribution in [0.25, 0.3) is 6.08 Å². The van der Waals surface area contributed by atoms with Crippen molar-refractivity contribution < 1.29 is 0 Å². The van der Waals surface area contributed by atoms with Crippen LogP contribution < -0.4 is 0 Å². The molecule has 0 saturated carbocycles. The molecule has 0 N–H and O–H groups in total. The highest BCUT2D eigenvalue weighted by molar-refractivity contribution is 5.62. The first-order valence-corrected chi connectivity index (χ1v) is 6.69. The van der Waals surface area contributed by atoms with Gasteiger partial charge in [-0.1, -0.05) is 67.6 Å². The van der Waals surface area contributed by atoms with E-state index in [2.05, 4.69) is 67.6 Å². The Bertz CT molecular complexity index is 564. The fourth-order valence-corrected chi connectivity index (χ4v) is 2.79. The highest BCUT2D eigenvalue weighted by atomic mass is 14.2. The van der Waals surface area contributed by atoms with Crippen molar-refractivity contribution in [2.75, 3.05) is 0 Å². The van der Waals surface area contributed by atoms with Crippen molar-refractivity contribution in [3.63, 3.8) is 0 Å². The Morgan fingerprint density at radius 3 is 2.61 bits per heavy atom. The van der Waals surface area contributed by atoms with Crippen molar-refractivity contribution >= 4 is 6.08 Å². The van der Waals surface area contributed by atoms with Gasteiger partial charge in [-0.2, -0.15) is 0 Å². The van der Waals surface area contributed by atoms with Gasteiger partial charge >= 0.3 is 0 Å². The Kier molecular flexibility index (Phi) is 3.02. The topological polar surface area (TPSA) is 0 Å². The van der Waals surface area contributed by atoms with Gasteiger partial charge in [0.1, 0.15) is 0 Å². The van der Waals surface area contributed by atoms with Gasteiger partial charge in [0.25, 0.3) is 0 Å². The van der Waals surface area contributed by atoms with Gasteiger partial charge in [0.2, 0.25) is 0 Å². The van der Waals surface area contributed by atoms with Crippen LogP contribution in [0.4, 0.5) is 0 Å². The zero-order valence-electron chi connectivity index (χ0n) is 10.8. The minimum Gasteiger partial charge on any atom is -0.0836 e. The van der Waals surface area contributed by atoms with Gasteiger partial charge in [-0.3, -0.25) is 0 Å². The Hall–Kier alpha value is -1.82. The van der Waals surface area contributed by atoms with Crippen molar-refractivity contribution in [3.05, 3.63) is 76.9 Å². The van der Waals surface area contributed by atoms with Gasteiger partial charge in [0.05, 0.1) is 0 Å². The second-order valence-electron chi connectivity index (χ2n) is 4.99. The summed E-state index contributed by atoms with van der Waals surface area (Å²) in [6.07, 6.45) is 6.95.